The lowest BCUT2D eigenvalue weighted by molar-refractivity contribution is 0.180. The van der Waals surface area contributed by atoms with Gasteiger partial charge >= 0.3 is 0 Å². The smallest absolute Gasteiger partial charge is 0.0945 e. The summed E-state index contributed by atoms with van der Waals surface area (Å²) in [6.07, 6.45) is 0.993. The minimum atomic E-state index is 0.583. The van der Waals surface area contributed by atoms with Gasteiger partial charge in [-0.3, -0.25) is 0 Å². The van der Waals surface area contributed by atoms with Crippen molar-refractivity contribution in [1.29, 1.82) is 0 Å². The Balaban J connectivity index is 2.55. The van der Waals surface area contributed by atoms with Crippen LogP contribution in [0.15, 0.2) is 0 Å². The van der Waals surface area contributed by atoms with Gasteiger partial charge in [0.15, 0.2) is 0 Å². The van der Waals surface area contributed by atoms with E-state index in [9.17, 15) is 0 Å². The van der Waals surface area contributed by atoms with Gasteiger partial charge < -0.3 is 19.7 Å². The maximum absolute atomic E-state index is 5.22. The number of nitrogens with zero attached hydrogens (tertiary/aromatic N) is 2. The molecule has 0 atom stereocenters. The quantitative estimate of drug-likeness (QED) is 0.654. The summed E-state index contributed by atoms with van der Waals surface area (Å²) in [5.74, 6) is 0. The monoisotopic (exact) mass is 287 g/mol. The number of methoxy groups -OCH3 is 2. The molecule has 0 aliphatic carbocycles. The van der Waals surface area contributed by atoms with Crippen LogP contribution >= 0.6 is 11.3 Å². The molecule has 19 heavy (non-hydrogen) atoms. The van der Waals surface area contributed by atoms with Crippen LogP contribution < -0.4 is 5.32 Å². The van der Waals surface area contributed by atoms with Crippen LogP contribution in [0.3, 0.4) is 0 Å². The number of aromatic nitrogens is 1. The van der Waals surface area contributed by atoms with Gasteiger partial charge in [0.05, 0.1) is 23.9 Å². The molecule has 5 nitrogen and oxygen atoms in total. The van der Waals surface area contributed by atoms with Crippen molar-refractivity contribution in [2.45, 2.75) is 19.6 Å². The minimum absolute atomic E-state index is 0.583. The van der Waals surface area contributed by atoms with E-state index in [1.165, 1.54) is 9.88 Å². The van der Waals surface area contributed by atoms with E-state index in [-0.39, 0.29) is 0 Å². The van der Waals surface area contributed by atoms with Gasteiger partial charge in [-0.25, -0.2) is 4.98 Å². The Labute approximate surface area is 119 Å². The van der Waals surface area contributed by atoms with Gasteiger partial charge in [0.2, 0.25) is 0 Å². The van der Waals surface area contributed by atoms with Crippen molar-refractivity contribution in [3.05, 3.63) is 15.6 Å². The predicted octanol–water partition coefficient (Wildman–Crippen LogP) is 1.13. The Bertz CT molecular complexity index is 356. The van der Waals surface area contributed by atoms with Crippen LogP contribution in [-0.2, 0) is 29.0 Å². The van der Waals surface area contributed by atoms with E-state index in [2.05, 4.69) is 29.3 Å². The predicted molar refractivity (Wildman–Crippen MR) is 78.7 cm³/mol. The number of rotatable bonds is 10. The molecule has 1 rings (SSSR count). The highest BCUT2D eigenvalue weighted by atomic mass is 32.1. The SMILES string of the molecule is COCCNCc1sc(CCN(C)C)nc1COC. The molecule has 0 bridgehead atoms. The largest absolute Gasteiger partial charge is 0.383 e. The third kappa shape index (κ3) is 6.44. The molecule has 1 aromatic rings. The van der Waals surface area contributed by atoms with E-state index in [4.69, 9.17) is 9.47 Å². The van der Waals surface area contributed by atoms with Crippen LogP contribution in [-0.4, -0.2) is 57.9 Å². The van der Waals surface area contributed by atoms with Crippen LogP contribution in [0.25, 0.3) is 0 Å². The standard InChI is InChI=1S/C13H25N3O2S/c1-16(2)7-5-13-15-11(10-18-4)12(19-13)9-14-6-8-17-3/h14H,5-10H2,1-4H3. The van der Waals surface area contributed by atoms with Crippen LogP contribution in [0.4, 0.5) is 0 Å². The molecule has 0 radical (unpaired) electrons. The molecule has 0 fully saturated rings. The van der Waals surface area contributed by atoms with Crippen molar-refractivity contribution in [3.8, 4) is 0 Å². The Morgan fingerprint density at radius 1 is 1.26 bits per heavy atom. The Morgan fingerprint density at radius 3 is 2.68 bits per heavy atom. The molecule has 110 valence electrons. The highest BCUT2D eigenvalue weighted by molar-refractivity contribution is 7.11. The van der Waals surface area contributed by atoms with Crippen LogP contribution in [0.2, 0.25) is 0 Å². The molecular formula is C13H25N3O2S. The summed E-state index contributed by atoms with van der Waals surface area (Å²) < 4.78 is 10.2. The molecule has 1 aromatic heterocycles. The zero-order valence-electron chi connectivity index (χ0n) is 12.4. The van der Waals surface area contributed by atoms with E-state index in [1.807, 2.05) is 0 Å². The maximum Gasteiger partial charge on any atom is 0.0945 e. The molecule has 0 saturated heterocycles. The summed E-state index contributed by atoms with van der Waals surface area (Å²) in [4.78, 5) is 8.11. The Morgan fingerprint density at radius 2 is 2.05 bits per heavy atom. The number of ether oxygens (including phenoxy) is 2. The highest BCUT2D eigenvalue weighted by Gasteiger charge is 2.10. The second-order valence-corrected chi connectivity index (χ2v) is 5.80. The van der Waals surface area contributed by atoms with Crippen molar-refractivity contribution in [2.75, 3.05) is 48.0 Å². The van der Waals surface area contributed by atoms with Gasteiger partial charge in [0.1, 0.15) is 0 Å². The van der Waals surface area contributed by atoms with Crippen molar-refractivity contribution in [3.63, 3.8) is 0 Å². The summed E-state index contributed by atoms with van der Waals surface area (Å²) >= 11 is 1.78. The van der Waals surface area contributed by atoms with E-state index in [1.54, 1.807) is 25.6 Å². The lowest BCUT2D eigenvalue weighted by Crippen LogP contribution is -2.18. The normalized spacial score (nSPS) is 11.4. The molecule has 1 heterocycles. The first-order valence-corrected chi connectivity index (χ1v) is 7.29. The van der Waals surface area contributed by atoms with Gasteiger partial charge in [0, 0.05) is 45.2 Å². The maximum atomic E-state index is 5.22. The van der Waals surface area contributed by atoms with Crippen LogP contribution in [0, 0.1) is 0 Å². The number of hydrogen-bond acceptors (Lipinski definition) is 6. The van der Waals surface area contributed by atoms with Gasteiger partial charge in [-0.15, -0.1) is 11.3 Å². The summed E-state index contributed by atoms with van der Waals surface area (Å²) in [5.41, 5.74) is 1.06. The molecule has 0 aliphatic rings. The van der Waals surface area contributed by atoms with E-state index in [0.717, 1.165) is 38.4 Å². The number of likely N-dealkylation sites (N-methyl/N-ethyl adjacent to an activating group) is 1. The zero-order valence-corrected chi connectivity index (χ0v) is 13.2. The van der Waals surface area contributed by atoms with Crippen molar-refractivity contribution in [2.24, 2.45) is 0 Å². The third-order valence-corrected chi connectivity index (χ3v) is 3.80. The number of thiazole rings is 1. The molecule has 0 aliphatic heterocycles. The van der Waals surface area contributed by atoms with Crippen LogP contribution in [0.5, 0.6) is 0 Å². The average molecular weight is 287 g/mol. The van der Waals surface area contributed by atoms with E-state index < -0.39 is 0 Å². The minimum Gasteiger partial charge on any atom is -0.383 e. The molecule has 0 spiro atoms. The first-order chi connectivity index (χ1) is 9.17. The average Bonchev–Trinajstić information content (AvgIpc) is 2.75. The fourth-order valence-electron chi connectivity index (χ4n) is 1.63. The Kier molecular flexibility index (Phi) is 8.16. The molecule has 0 amide bonds. The summed E-state index contributed by atoms with van der Waals surface area (Å²) in [7, 11) is 7.58. The van der Waals surface area contributed by atoms with Crippen molar-refractivity contribution >= 4 is 11.3 Å². The summed E-state index contributed by atoms with van der Waals surface area (Å²) in [6.45, 7) is 4.03. The van der Waals surface area contributed by atoms with Gasteiger partial charge in [-0.1, -0.05) is 0 Å². The lowest BCUT2D eigenvalue weighted by atomic mass is 10.3. The third-order valence-electron chi connectivity index (χ3n) is 2.64. The van der Waals surface area contributed by atoms with Gasteiger partial charge in [0.25, 0.3) is 0 Å². The van der Waals surface area contributed by atoms with E-state index >= 15 is 0 Å². The molecule has 1 N–H and O–H groups in total. The lowest BCUT2D eigenvalue weighted by Gasteiger charge is -2.06. The first kappa shape index (κ1) is 16.5. The fourth-order valence-corrected chi connectivity index (χ4v) is 2.66. The molecule has 0 unspecified atom stereocenters. The van der Waals surface area contributed by atoms with E-state index in [0.29, 0.717) is 6.61 Å². The zero-order chi connectivity index (χ0) is 14.1. The summed E-state index contributed by atoms with van der Waals surface area (Å²) in [5, 5.41) is 4.54. The fraction of sp³-hybridized carbons (Fsp3) is 0.769. The number of nitrogens with one attached hydrogen (secondary N) is 1. The second kappa shape index (κ2) is 9.39. The number of hydrogen-bond donors (Lipinski definition) is 1. The molecule has 0 aromatic carbocycles. The first-order valence-electron chi connectivity index (χ1n) is 6.48. The topological polar surface area (TPSA) is 46.6 Å². The van der Waals surface area contributed by atoms with Crippen LogP contribution in [0.1, 0.15) is 15.6 Å². The second-order valence-electron chi connectivity index (χ2n) is 4.63. The van der Waals surface area contributed by atoms with Crippen molar-refractivity contribution in [1.82, 2.24) is 15.2 Å². The van der Waals surface area contributed by atoms with Crippen molar-refractivity contribution < 1.29 is 9.47 Å². The molecular weight excluding hydrogens is 262 g/mol. The van der Waals surface area contributed by atoms with Gasteiger partial charge in [-0.2, -0.15) is 0 Å². The highest BCUT2D eigenvalue weighted by Crippen LogP contribution is 2.20. The molecule has 0 saturated carbocycles. The Hall–Kier alpha value is -0.530. The molecule has 6 heteroatoms. The summed E-state index contributed by atoms with van der Waals surface area (Å²) in [6, 6.07) is 0. The van der Waals surface area contributed by atoms with Gasteiger partial charge in [-0.05, 0) is 14.1 Å².